The molecular formula is C15H21NO2. The Labute approximate surface area is 109 Å². The Morgan fingerprint density at radius 1 is 1.44 bits per heavy atom. The highest BCUT2D eigenvalue weighted by Crippen LogP contribution is 2.32. The van der Waals surface area contributed by atoms with Crippen molar-refractivity contribution in [2.24, 2.45) is 0 Å². The van der Waals surface area contributed by atoms with Crippen LogP contribution >= 0.6 is 0 Å². The lowest BCUT2D eigenvalue weighted by atomic mass is 9.90. The molecule has 98 valence electrons. The number of ether oxygens (including phenoxy) is 1. The maximum atomic E-state index is 11.5. The quantitative estimate of drug-likeness (QED) is 0.888. The van der Waals surface area contributed by atoms with Gasteiger partial charge in [-0.25, -0.2) is 0 Å². The molecule has 1 aliphatic rings. The number of hydrogen-bond donors (Lipinski definition) is 1. The summed E-state index contributed by atoms with van der Waals surface area (Å²) in [6.45, 7) is 6.14. The monoisotopic (exact) mass is 247 g/mol. The number of benzene rings is 1. The Kier molecular flexibility index (Phi) is 3.90. The molecule has 0 radical (unpaired) electrons. The van der Waals surface area contributed by atoms with E-state index in [0.29, 0.717) is 6.42 Å². The predicted octanol–water partition coefficient (Wildman–Crippen LogP) is 2.86. The van der Waals surface area contributed by atoms with Gasteiger partial charge >= 0.3 is 0 Å². The van der Waals surface area contributed by atoms with Crippen molar-refractivity contribution in [2.75, 3.05) is 0 Å². The third-order valence-corrected chi connectivity index (χ3v) is 3.34. The van der Waals surface area contributed by atoms with Gasteiger partial charge in [0.05, 0.1) is 6.10 Å². The summed E-state index contributed by atoms with van der Waals surface area (Å²) in [5.41, 5.74) is 1.19. The molecule has 1 aromatic carbocycles. The van der Waals surface area contributed by atoms with Crippen LogP contribution in [-0.2, 0) is 4.79 Å². The SMILES string of the molecule is CCC1NC(=O)CC1c1cccc(OC(C)C)c1. The number of rotatable bonds is 4. The average molecular weight is 247 g/mol. The first kappa shape index (κ1) is 12.9. The van der Waals surface area contributed by atoms with Crippen molar-refractivity contribution in [1.82, 2.24) is 5.32 Å². The zero-order chi connectivity index (χ0) is 13.1. The van der Waals surface area contributed by atoms with Crippen LogP contribution in [0, 0.1) is 0 Å². The van der Waals surface area contributed by atoms with Gasteiger partial charge in [0.15, 0.2) is 0 Å². The molecule has 1 saturated heterocycles. The minimum atomic E-state index is 0.155. The van der Waals surface area contributed by atoms with E-state index in [0.717, 1.165) is 12.2 Å². The van der Waals surface area contributed by atoms with Crippen LogP contribution in [0.15, 0.2) is 24.3 Å². The average Bonchev–Trinajstić information content (AvgIpc) is 2.70. The van der Waals surface area contributed by atoms with E-state index in [1.54, 1.807) is 0 Å². The first-order valence-corrected chi connectivity index (χ1v) is 6.66. The highest BCUT2D eigenvalue weighted by molar-refractivity contribution is 5.80. The fraction of sp³-hybridized carbons (Fsp3) is 0.533. The van der Waals surface area contributed by atoms with Crippen LogP contribution in [0.4, 0.5) is 0 Å². The van der Waals surface area contributed by atoms with Gasteiger partial charge in [-0.3, -0.25) is 4.79 Å². The second kappa shape index (κ2) is 5.42. The second-order valence-corrected chi connectivity index (χ2v) is 5.13. The molecular weight excluding hydrogens is 226 g/mol. The minimum absolute atomic E-state index is 0.155. The Morgan fingerprint density at radius 3 is 2.89 bits per heavy atom. The molecule has 1 fully saturated rings. The normalized spacial score (nSPS) is 23.2. The lowest BCUT2D eigenvalue weighted by molar-refractivity contribution is -0.119. The van der Waals surface area contributed by atoms with Crippen LogP contribution in [0.5, 0.6) is 5.75 Å². The van der Waals surface area contributed by atoms with Gasteiger partial charge in [0.2, 0.25) is 5.91 Å². The Bertz CT molecular complexity index is 428. The van der Waals surface area contributed by atoms with E-state index in [-0.39, 0.29) is 24.0 Å². The molecule has 1 aliphatic heterocycles. The molecule has 1 amide bonds. The Hall–Kier alpha value is -1.51. The first-order valence-electron chi connectivity index (χ1n) is 6.66. The molecule has 18 heavy (non-hydrogen) atoms. The maximum absolute atomic E-state index is 11.5. The van der Waals surface area contributed by atoms with Gasteiger partial charge < -0.3 is 10.1 Å². The lowest BCUT2D eigenvalue weighted by Crippen LogP contribution is -2.27. The summed E-state index contributed by atoms with van der Waals surface area (Å²) in [6.07, 6.45) is 1.72. The number of carbonyl (C=O) groups excluding carboxylic acids is 1. The van der Waals surface area contributed by atoms with E-state index in [4.69, 9.17) is 4.74 Å². The Morgan fingerprint density at radius 2 is 2.22 bits per heavy atom. The van der Waals surface area contributed by atoms with Gasteiger partial charge in [0.1, 0.15) is 5.75 Å². The molecule has 2 atom stereocenters. The lowest BCUT2D eigenvalue weighted by Gasteiger charge is -2.18. The molecule has 1 N–H and O–H groups in total. The topological polar surface area (TPSA) is 38.3 Å². The standard InChI is InChI=1S/C15H21NO2/c1-4-14-13(9-15(17)16-14)11-6-5-7-12(8-11)18-10(2)3/h5-8,10,13-14H,4,9H2,1-3H3,(H,16,17). The van der Waals surface area contributed by atoms with Crippen LogP contribution in [0.1, 0.15) is 45.1 Å². The summed E-state index contributed by atoms with van der Waals surface area (Å²) in [4.78, 5) is 11.5. The fourth-order valence-corrected chi connectivity index (χ4v) is 2.54. The molecule has 1 heterocycles. The fourth-order valence-electron chi connectivity index (χ4n) is 2.54. The summed E-state index contributed by atoms with van der Waals surface area (Å²) in [5, 5.41) is 3.03. The molecule has 0 aliphatic carbocycles. The Balaban J connectivity index is 2.19. The van der Waals surface area contributed by atoms with Crippen molar-refractivity contribution in [2.45, 2.75) is 51.7 Å². The zero-order valence-corrected chi connectivity index (χ0v) is 11.3. The summed E-state index contributed by atoms with van der Waals surface area (Å²) < 4.78 is 5.70. The minimum Gasteiger partial charge on any atom is -0.491 e. The molecule has 0 spiro atoms. The van der Waals surface area contributed by atoms with Gasteiger partial charge in [0.25, 0.3) is 0 Å². The largest absolute Gasteiger partial charge is 0.491 e. The molecule has 3 heteroatoms. The van der Waals surface area contributed by atoms with Crippen LogP contribution in [0.2, 0.25) is 0 Å². The maximum Gasteiger partial charge on any atom is 0.220 e. The molecule has 0 bridgehead atoms. The van der Waals surface area contributed by atoms with E-state index in [1.807, 2.05) is 26.0 Å². The van der Waals surface area contributed by atoms with Gasteiger partial charge in [0, 0.05) is 18.4 Å². The van der Waals surface area contributed by atoms with Crippen molar-refractivity contribution in [3.05, 3.63) is 29.8 Å². The van der Waals surface area contributed by atoms with Gasteiger partial charge in [-0.15, -0.1) is 0 Å². The third-order valence-electron chi connectivity index (χ3n) is 3.34. The summed E-state index contributed by atoms with van der Waals surface area (Å²) in [7, 11) is 0. The van der Waals surface area contributed by atoms with E-state index in [9.17, 15) is 4.79 Å². The number of hydrogen-bond acceptors (Lipinski definition) is 2. The van der Waals surface area contributed by atoms with E-state index >= 15 is 0 Å². The van der Waals surface area contributed by atoms with Gasteiger partial charge in [-0.05, 0) is 38.0 Å². The third kappa shape index (κ3) is 2.84. The highest BCUT2D eigenvalue weighted by Gasteiger charge is 2.32. The van der Waals surface area contributed by atoms with Gasteiger partial charge in [-0.1, -0.05) is 19.1 Å². The van der Waals surface area contributed by atoms with Crippen LogP contribution in [0.25, 0.3) is 0 Å². The molecule has 3 nitrogen and oxygen atoms in total. The van der Waals surface area contributed by atoms with Crippen molar-refractivity contribution in [3.63, 3.8) is 0 Å². The highest BCUT2D eigenvalue weighted by atomic mass is 16.5. The van der Waals surface area contributed by atoms with Crippen molar-refractivity contribution < 1.29 is 9.53 Å². The smallest absolute Gasteiger partial charge is 0.220 e. The van der Waals surface area contributed by atoms with Crippen LogP contribution < -0.4 is 10.1 Å². The molecule has 2 unspecified atom stereocenters. The molecule has 0 saturated carbocycles. The van der Waals surface area contributed by atoms with E-state index < -0.39 is 0 Å². The van der Waals surface area contributed by atoms with E-state index in [2.05, 4.69) is 24.4 Å². The van der Waals surface area contributed by atoms with Crippen molar-refractivity contribution >= 4 is 5.91 Å². The van der Waals surface area contributed by atoms with Crippen molar-refractivity contribution in [1.29, 1.82) is 0 Å². The molecule has 2 rings (SSSR count). The summed E-state index contributed by atoms with van der Waals surface area (Å²) >= 11 is 0. The number of nitrogens with one attached hydrogen (secondary N) is 1. The van der Waals surface area contributed by atoms with E-state index in [1.165, 1.54) is 5.56 Å². The van der Waals surface area contributed by atoms with Crippen LogP contribution in [0.3, 0.4) is 0 Å². The first-order chi connectivity index (χ1) is 8.60. The van der Waals surface area contributed by atoms with Crippen molar-refractivity contribution in [3.8, 4) is 5.75 Å². The number of carbonyl (C=O) groups is 1. The summed E-state index contributed by atoms with van der Waals surface area (Å²) in [5.74, 6) is 1.32. The number of amides is 1. The molecule has 1 aromatic rings. The van der Waals surface area contributed by atoms with Gasteiger partial charge in [-0.2, -0.15) is 0 Å². The zero-order valence-electron chi connectivity index (χ0n) is 11.3. The summed E-state index contributed by atoms with van der Waals surface area (Å²) in [6, 6.07) is 8.37. The molecule has 0 aromatic heterocycles. The predicted molar refractivity (Wildman–Crippen MR) is 71.8 cm³/mol. The van der Waals surface area contributed by atoms with Crippen LogP contribution in [-0.4, -0.2) is 18.1 Å². The second-order valence-electron chi connectivity index (χ2n) is 5.13.